The van der Waals surface area contributed by atoms with E-state index in [-0.39, 0.29) is 5.56 Å². The molecule has 0 spiro atoms. The molecule has 0 atom stereocenters. The highest BCUT2D eigenvalue weighted by Gasteiger charge is 2.16. The highest BCUT2D eigenvalue weighted by molar-refractivity contribution is 9.10. The number of carbonyl (C=O) groups excluding carboxylic acids is 1. The first-order chi connectivity index (χ1) is 8.36. The summed E-state index contributed by atoms with van der Waals surface area (Å²) in [5.74, 6) is -0.544. The van der Waals surface area contributed by atoms with E-state index in [1.807, 2.05) is 0 Å². The molecule has 0 N–H and O–H groups in total. The highest BCUT2D eigenvalue weighted by Crippen LogP contribution is 2.26. The SMILES string of the molecule is [2H]C([2H])([2H])n1ncc2c(C(=O)OC)c(Br)ccc21. The van der Waals surface area contributed by atoms with Crippen LogP contribution in [0.5, 0.6) is 0 Å². The summed E-state index contributed by atoms with van der Waals surface area (Å²) < 4.78 is 28.2. The Morgan fingerprint density at radius 1 is 1.67 bits per heavy atom. The van der Waals surface area contributed by atoms with Gasteiger partial charge in [-0.3, -0.25) is 4.68 Å². The standard InChI is InChI=1S/C10H9BrN2O2/c1-13-8-4-3-7(11)9(10(14)15-2)6(8)5-12-13/h3-5H,1-2H3/i1D3. The van der Waals surface area contributed by atoms with Crippen LogP contribution in [-0.2, 0) is 11.7 Å². The number of rotatable bonds is 1. The molecule has 0 saturated carbocycles. The van der Waals surface area contributed by atoms with E-state index >= 15 is 0 Å². The van der Waals surface area contributed by atoms with E-state index in [0.29, 0.717) is 15.4 Å². The molecule has 0 aliphatic heterocycles. The Morgan fingerprint density at radius 3 is 3.13 bits per heavy atom. The van der Waals surface area contributed by atoms with Crippen molar-refractivity contribution in [1.82, 2.24) is 9.78 Å². The predicted molar refractivity (Wildman–Crippen MR) is 59.8 cm³/mol. The van der Waals surface area contributed by atoms with Crippen LogP contribution in [0.1, 0.15) is 14.5 Å². The largest absolute Gasteiger partial charge is 0.465 e. The third-order valence-corrected chi connectivity index (χ3v) is 2.75. The van der Waals surface area contributed by atoms with Crippen molar-refractivity contribution in [2.24, 2.45) is 6.98 Å². The average molecular weight is 272 g/mol. The number of hydrogen-bond acceptors (Lipinski definition) is 3. The number of ether oxygens (including phenoxy) is 1. The van der Waals surface area contributed by atoms with Crippen LogP contribution in [0.15, 0.2) is 22.8 Å². The molecule has 1 aromatic carbocycles. The van der Waals surface area contributed by atoms with Gasteiger partial charge >= 0.3 is 5.97 Å². The smallest absolute Gasteiger partial charge is 0.339 e. The summed E-state index contributed by atoms with van der Waals surface area (Å²) in [5, 5.41) is 4.25. The molecule has 4 nitrogen and oxygen atoms in total. The lowest BCUT2D eigenvalue weighted by atomic mass is 10.1. The second-order valence-electron chi connectivity index (χ2n) is 2.90. The van der Waals surface area contributed by atoms with Crippen LogP contribution in [0, 0.1) is 0 Å². The van der Waals surface area contributed by atoms with Gasteiger partial charge in [0.1, 0.15) is 0 Å². The van der Waals surface area contributed by atoms with E-state index in [9.17, 15) is 4.79 Å². The van der Waals surface area contributed by atoms with Crippen LogP contribution in [-0.4, -0.2) is 22.9 Å². The van der Waals surface area contributed by atoms with Gasteiger partial charge in [0.15, 0.2) is 0 Å². The van der Waals surface area contributed by atoms with Crippen molar-refractivity contribution in [2.45, 2.75) is 0 Å². The molecule has 0 unspecified atom stereocenters. The normalized spacial score (nSPS) is 14.4. The third-order valence-electron chi connectivity index (χ3n) is 2.09. The Kier molecular flexibility index (Phi) is 1.71. The van der Waals surface area contributed by atoms with Crippen molar-refractivity contribution < 1.29 is 13.6 Å². The zero-order valence-electron chi connectivity index (χ0n) is 10.8. The maximum atomic E-state index is 11.7. The molecular formula is C10H9BrN2O2. The summed E-state index contributed by atoms with van der Waals surface area (Å²) in [5.41, 5.74) is 0.629. The molecule has 0 radical (unpaired) electrons. The monoisotopic (exact) mass is 271 g/mol. The van der Waals surface area contributed by atoms with Crippen molar-refractivity contribution in [1.29, 1.82) is 0 Å². The maximum Gasteiger partial charge on any atom is 0.339 e. The van der Waals surface area contributed by atoms with E-state index in [2.05, 4.69) is 25.8 Å². The first kappa shape index (κ1) is 7.00. The fraction of sp³-hybridized carbons (Fsp3) is 0.200. The number of hydrogen-bond donors (Lipinski definition) is 0. The molecule has 2 rings (SSSR count). The summed E-state index contributed by atoms with van der Waals surface area (Å²) in [6.07, 6.45) is 1.35. The molecule has 5 heteroatoms. The van der Waals surface area contributed by atoms with Crippen LogP contribution in [0.2, 0.25) is 0 Å². The number of methoxy groups -OCH3 is 1. The first-order valence-electron chi connectivity index (χ1n) is 5.61. The molecule has 0 bridgehead atoms. The minimum Gasteiger partial charge on any atom is -0.465 e. The van der Waals surface area contributed by atoms with E-state index in [1.54, 1.807) is 12.1 Å². The van der Waals surface area contributed by atoms with Crippen molar-refractivity contribution in [3.8, 4) is 0 Å². The Labute approximate surface area is 99.2 Å². The van der Waals surface area contributed by atoms with E-state index in [1.165, 1.54) is 13.3 Å². The molecule has 1 aromatic heterocycles. The van der Waals surface area contributed by atoms with Crippen molar-refractivity contribution in [3.63, 3.8) is 0 Å². The lowest BCUT2D eigenvalue weighted by Gasteiger charge is -2.03. The fourth-order valence-corrected chi connectivity index (χ4v) is 1.89. The Hall–Kier alpha value is -1.36. The third kappa shape index (κ3) is 1.52. The van der Waals surface area contributed by atoms with Crippen LogP contribution < -0.4 is 0 Å². The van der Waals surface area contributed by atoms with Crippen LogP contribution in [0.25, 0.3) is 10.9 Å². The minimum atomic E-state index is -2.39. The number of carbonyl (C=O) groups is 1. The quantitative estimate of drug-likeness (QED) is 0.747. The highest BCUT2D eigenvalue weighted by atomic mass is 79.9. The maximum absolute atomic E-state index is 11.7. The molecule has 1 heterocycles. The van der Waals surface area contributed by atoms with Gasteiger partial charge in [-0.1, -0.05) is 0 Å². The number of benzene rings is 1. The van der Waals surface area contributed by atoms with Crippen molar-refractivity contribution in [2.75, 3.05) is 7.11 Å². The lowest BCUT2D eigenvalue weighted by molar-refractivity contribution is 0.0602. The van der Waals surface area contributed by atoms with Gasteiger partial charge in [0.25, 0.3) is 0 Å². The zero-order chi connectivity index (χ0) is 13.5. The van der Waals surface area contributed by atoms with Gasteiger partial charge in [-0.05, 0) is 28.1 Å². The summed E-state index contributed by atoms with van der Waals surface area (Å²) in [6.45, 7) is -2.39. The summed E-state index contributed by atoms with van der Waals surface area (Å²) in [7, 11) is 1.27. The molecule has 78 valence electrons. The van der Waals surface area contributed by atoms with E-state index in [0.717, 1.165) is 4.68 Å². The lowest BCUT2D eigenvalue weighted by Crippen LogP contribution is -2.03. The molecule has 0 aliphatic rings. The van der Waals surface area contributed by atoms with Gasteiger partial charge in [0.05, 0.1) is 24.4 Å². The van der Waals surface area contributed by atoms with Crippen LogP contribution in [0.3, 0.4) is 0 Å². The van der Waals surface area contributed by atoms with Gasteiger partial charge in [-0.2, -0.15) is 5.10 Å². The molecule has 0 saturated heterocycles. The second kappa shape index (κ2) is 3.66. The van der Waals surface area contributed by atoms with E-state index < -0.39 is 12.9 Å². The van der Waals surface area contributed by atoms with Gasteiger partial charge < -0.3 is 4.74 Å². The number of halogens is 1. The first-order valence-corrected chi connectivity index (χ1v) is 4.90. The molecule has 2 aromatic rings. The minimum absolute atomic E-state index is 0.269. The molecular weight excluding hydrogens is 260 g/mol. The molecule has 0 amide bonds. The summed E-state index contributed by atoms with van der Waals surface area (Å²) in [6, 6.07) is 3.18. The topological polar surface area (TPSA) is 44.1 Å². The second-order valence-corrected chi connectivity index (χ2v) is 3.76. The summed E-state index contributed by atoms with van der Waals surface area (Å²) in [4.78, 5) is 11.7. The summed E-state index contributed by atoms with van der Waals surface area (Å²) >= 11 is 3.24. The number of aryl methyl sites for hydroxylation is 1. The average Bonchev–Trinajstić information content (AvgIpc) is 2.71. The molecule has 0 fully saturated rings. The number of aromatic nitrogens is 2. The fourth-order valence-electron chi connectivity index (χ4n) is 1.38. The van der Waals surface area contributed by atoms with Gasteiger partial charge in [-0.25, -0.2) is 4.79 Å². The van der Waals surface area contributed by atoms with E-state index in [4.69, 9.17) is 4.11 Å². The van der Waals surface area contributed by atoms with Gasteiger partial charge in [-0.15, -0.1) is 0 Å². The van der Waals surface area contributed by atoms with Crippen molar-refractivity contribution >= 4 is 32.8 Å². The number of esters is 1. The van der Waals surface area contributed by atoms with Crippen LogP contribution >= 0.6 is 15.9 Å². The van der Waals surface area contributed by atoms with Gasteiger partial charge in [0, 0.05) is 20.9 Å². The van der Waals surface area contributed by atoms with Crippen LogP contribution in [0.4, 0.5) is 0 Å². The predicted octanol–water partition coefficient (Wildman–Crippen LogP) is 2.12. The zero-order valence-corrected chi connectivity index (χ0v) is 9.41. The molecule has 0 aliphatic carbocycles. The Balaban J connectivity index is 2.77. The number of nitrogens with zero attached hydrogens (tertiary/aromatic N) is 2. The van der Waals surface area contributed by atoms with Crippen molar-refractivity contribution in [3.05, 3.63) is 28.4 Å². The Bertz CT molecular complexity index is 621. The van der Waals surface area contributed by atoms with Gasteiger partial charge in [0.2, 0.25) is 0 Å². The Morgan fingerprint density at radius 2 is 2.47 bits per heavy atom. The number of fused-ring (bicyclic) bond motifs is 1. The molecule has 15 heavy (non-hydrogen) atoms.